The van der Waals surface area contributed by atoms with Crippen LogP contribution in [0.4, 0.5) is 4.79 Å². The molecule has 21 heavy (non-hydrogen) atoms. The summed E-state index contributed by atoms with van der Waals surface area (Å²) in [5.41, 5.74) is 1.25. The second-order valence-electron chi connectivity index (χ2n) is 5.32. The Kier molecular flexibility index (Phi) is 6.02. The molecule has 1 heterocycles. The summed E-state index contributed by atoms with van der Waals surface area (Å²) in [4.78, 5) is 13.9. The number of aliphatic hydroxyl groups excluding tert-OH is 1. The first-order chi connectivity index (χ1) is 10.2. The average Bonchev–Trinajstić information content (AvgIpc) is 2.56. The molecule has 0 aromatic heterocycles. The molecule has 1 aliphatic heterocycles. The number of carbonyl (C=O) groups is 1. The van der Waals surface area contributed by atoms with Crippen LogP contribution in [0.15, 0.2) is 30.3 Å². The van der Waals surface area contributed by atoms with Crippen molar-refractivity contribution >= 4 is 6.03 Å². The third-order valence-corrected chi connectivity index (χ3v) is 3.89. The highest BCUT2D eigenvalue weighted by Gasteiger charge is 2.24. The highest BCUT2D eigenvalue weighted by Crippen LogP contribution is 2.18. The predicted molar refractivity (Wildman–Crippen MR) is 81.3 cm³/mol. The molecule has 0 bridgehead atoms. The van der Waals surface area contributed by atoms with E-state index in [9.17, 15) is 4.79 Å². The topological polar surface area (TPSA) is 61.8 Å². The van der Waals surface area contributed by atoms with Crippen molar-refractivity contribution in [2.24, 2.45) is 0 Å². The fourth-order valence-electron chi connectivity index (χ4n) is 2.56. The number of hydrogen-bond donors (Lipinski definition) is 2. The Hall–Kier alpha value is -1.59. The van der Waals surface area contributed by atoms with E-state index in [0.717, 1.165) is 6.42 Å². The van der Waals surface area contributed by atoms with Crippen molar-refractivity contribution in [1.82, 2.24) is 10.2 Å². The van der Waals surface area contributed by atoms with E-state index in [1.807, 2.05) is 18.2 Å². The third kappa shape index (κ3) is 4.44. The zero-order valence-corrected chi connectivity index (χ0v) is 12.5. The summed E-state index contributed by atoms with van der Waals surface area (Å²) in [6.07, 6.45) is 0.716. The quantitative estimate of drug-likeness (QED) is 0.866. The minimum atomic E-state index is -0.263. The van der Waals surface area contributed by atoms with Crippen LogP contribution in [0, 0.1) is 0 Å². The predicted octanol–water partition coefficient (Wildman–Crippen LogP) is 1.58. The maximum Gasteiger partial charge on any atom is 0.317 e. The standard InChI is InChI=1S/C16H24N2O3/c1-2-13(14-6-4-3-5-7-14)10-17-16(20)18-8-9-21-15(11-18)12-19/h3-7,13,15,19H,2,8-12H2,1H3,(H,17,20)/t13-,15-/m0/s1. The van der Waals surface area contributed by atoms with E-state index in [1.165, 1.54) is 5.56 Å². The molecule has 0 saturated carbocycles. The number of urea groups is 1. The summed E-state index contributed by atoms with van der Waals surface area (Å²) in [7, 11) is 0. The van der Waals surface area contributed by atoms with Crippen LogP contribution in [0.2, 0.25) is 0 Å². The lowest BCUT2D eigenvalue weighted by Crippen LogP contribution is -2.51. The highest BCUT2D eigenvalue weighted by atomic mass is 16.5. The van der Waals surface area contributed by atoms with Gasteiger partial charge in [0, 0.05) is 19.0 Å². The van der Waals surface area contributed by atoms with E-state index < -0.39 is 0 Å². The summed E-state index contributed by atoms with van der Waals surface area (Å²) in [6.45, 7) is 4.20. The Bertz CT molecular complexity index is 438. The fourth-order valence-corrected chi connectivity index (χ4v) is 2.56. The molecule has 0 spiro atoms. The molecule has 1 aliphatic rings. The van der Waals surface area contributed by atoms with E-state index in [4.69, 9.17) is 9.84 Å². The molecule has 2 amide bonds. The Morgan fingerprint density at radius 3 is 2.90 bits per heavy atom. The van der Waals surface area contributed by atoms with Gasteiger partial charge in [0.25, 0.3) is 0 Å². The summed E-state index contributed by atoms with van der Waals surface area (Å²) < 4.78 is 5.35. The molecule has 2 atom stereocenters. The first kappa shape index (κ1) is 15.8. The smallest absolute Gasteiger partial charge is 0.317 e. The zero-order valence-electron chi connectivity index (χ0n) is 12.5. The lowest BCUT2D eigenvalue weighted by Gasteiger charge is -2.32. The zero-order chi connectivity index (χ0) is 15.1. The van der Waals surface area contributed by atoms with Crippen LogP contribution in [0.5, 0.6) is 0 Å². The average molecular weight is 292 g/mol. The minimum Gasteiger partial charge on any atom is -0.394 e. The third-order valence-electron chi connectivity index (χ3n) is 3.89. The van der Waals surface area contributed by atoms with Crippen molar-refractivity contribution in [1.29, 1.82) is 0 Å². The van der Waals surface area contributed by atoms with E-state index >= 15 is 0 Å². The number of carbonyl (C=O) groups excluding carboxylic acids is 1. The Morgan fingerprint density at radius 1 is 1.48 bits per heavy atom. The largest absolute Gasteiger partial charge is 0.394 e. The molecule has 1 fully saturated rings. The molecular weight excluding hydrogens is 268 g/mol. The molecular formula is C16H24N2O3. The monoisotopic (exact) mass is 292 g/mol. The van der Waals surface area contributed by atoms with Crippen LogP contribution < -0.4 is 5.32 Å². The summed E-state index contributed by atoms with van der Waals surface area (Å²) in [5.74, 6) is 0.324. The number of hydrogen-bond acceptors (Lipinski definition) is 3. The van der Waals surface area contributed by atoms with Gasteiger partial charge < -0.3 is 20.1 Å². The van der Waals surface area contributed by atoms with Gasteiger partial charge >= 0.3 is 6.03 Å². The second kappa shape index (κ2) is 8.00. The van der Waals surface area contributed by atoms with Crippen molar-refractivity contribution in [3.05, 3.63) is 35.9 Å². The van der Waals surface area contributed by atoms with E-state index in [2.05, 4.69) is 24.4 Å². The van der Waals surface area contributed by atoms with Crippen molar-refractivity contribution < 1.29 is 14.6 Å². The SMILES string of the molecule is CC[C@@H](CNC(=O)N1CCO[C@H](CO)C1)c1ccccc1. The Balaban J connectivity index is 1.85. The fraction of sp³-hybridized carbons (Fsp3) is 0.562. The van der Waals surface area contributed by atoms with Crippen LogP contribution in [0.3, 0.4) is 0 Å². The van der Waals surface area contributed by atoms with Crippen molar-refractivity contribution in [2.75, 3.05) is 32.8 Å². The molecule has 1 aromatic carbocycles. The number of benzene rings is 1. The molecule has 2 rings (SSSR count). The Labute approximate surface area is 125 Å². The second-order valence-corrected chi connectivity index (χ2v) is 5.32. The number of ether oxygens (including phenoxy) is 1. The van der Waals surface area contributed by atoms with E-state index in [0.29, 0.717) is 32.2 Å². The molecule has 2 N–H and O–H groups in total. The molecule has 5 heteroatoms. The number of amides is 2. The van der Waals surface area contributed by atoms with Gasteiger partial charge in [0.15, 0.2) is 0 Å². The van der Waals surface area contributed by atoms with Crippen LogP contribution >= 0.6 is 0 Å². The molecule has 0 radical (unpaired) electrons. The Morgan fingerprint density at radius 2 is 2.24 bits per heavy atom. The number of morpholine rings is 1. The van der Waals surface area contributed by atoms with E-state index in [1.54, 1.807) is 4.90 Å². The van der Waals surface area contributed by atoms with Crippen LogP contribution in [0.1, 0.15) is 24.8 Å². The molecule has 116 valence electrons. The summed E-state index contributed by atoms with van der Waals surface area (Å²) in [6, 6.07) is 10.2. The van der Waals surface area contributed by atoms with Gasteiger partial charge in [-0.05, 0) is 12.0 Å². The molecule has 1 saturated heterocycles. The van der Waals surface area contributed by atoms with Gasteiger partial charge in [-0.2, -0.15) is 0 Å². The van der Waals surface area contributed by atoms with Gasteiger partial charge in [-0.25, -0.2) is 4.79 Å². The maximum absolute atomic E-state index is 12.2. The summed E-state index contributed by atoms with van der Waals surface area (Å²) >= 11 is 0. The number of rotatable bonds is 5. The first-order valence-corrected chi connectivity index (χ1v) is 7.54. The van der Waals surface area contributed by atoms with Crippen molar-refractivity contribution in [3.8, 4) is 0 Å². The summed E-state index contributed by atoms with van der Waals surface area (Å²) in [5, 5.41) is 12.1. The number of nitrogens with zero attached hydrogens (tertiary/aromatic N) is 1. The van der Waals surface area contributed by atoms with Gasteiger partial charge in [0.05, 0.1) is 25.9 Å². The first-order valence-electron chi connectivity index (χ1n) is 7.54. The van der Waals surface area contributed by atoms with Crippen LogP contribution in [-0.2, 0) is 4.74 Å². The molecule has 0 aliphatic carbocycles. The van der Waals surface area contributed by atoms with E-state index in [-0.39, 0.29) is 18.7 Å². The normalized spacial score (nSPS) is 20.1. The molecule has 1 aromatic rings. The van der Waals surface area contributed by atoms with Gasteiger partial charge in [-0.1, -0.05) is 37.3 Å². The van der Waals surface area contributed by atoms with Gasteiger partial charge in [-0.15, -0.1) is 0 Å². The minimum absolute atomic E-state index is 0.0502. The van der Waals surface area contributed by atoms with Gasteiger partial charge in [0.2, 0.25) is 0 Å². The van der Waals surface area contributed by atoms with Crippen LogP contribution in [0.25, 0.3) is 0 Å². The molecule has 5 nitrogen and oxygen atoms in total. The lowest BCUT2D eigenvalue weighted by molar-refractivity contribution is -0.0402. The number of nitrogens with one attached hydrogen (secondary N) is 1. The molecule has 0 unspecified atom stereocenters. The van der Waals surface area contributed by atoms with Crippen molar-refractivity contribution in [3.63, 3.8) is 0 Å². The van der Waals surface area contributed by atoms with Crippen LogP contribution in [-0.4, -0.2) is 55.0 Å². The lowest BCUT2D eigenvalue weighted by atomic mass is 9.97. The number of aliphatic hydroxyl groups is 1. The maximum atomic E-state index is 12.2. The van der Waals surface area contributed by atoms with Gasteiger partial charge in [-0.3, -0.25) is 0 Å². The highest BCUT2D eigenvalue weighted by molar-refractivity contribution is 5.74. The van der Waals surface area contributed by atoms with Gasteiger partial charge in [0.1, 0.15) is 0 Å². The van der Waals surface area contributed by atoms with Crippen molar-refractivity contribution in [2.45, 2.75) is 25.4 Å².